The van der Waals surface area contributed by atoms with Crippen LogP contribution in [0.5, 0.6) is 5.75 Å². The molecule has 0 saturated heterocycles. The number of ether oxygens (including phenoxy) is 1. The number of unbranched alkanes of at least 4 members (excludes halogenated alkanes) is 1. The monoisotopic (exact) mass is 258 g/mol. The van der Waals surface area contributed by atoms with Crippen LogP contribution in [-0.4, -0.2) is 34.3 Å². The first kappa shape index (κ1) is 14.7. The summed E-state index contributed by atoms with van der Waals surface area (Å²) < 4.78 is 32.0. The second-order valence-corrected chi connectivity index (χ2v) is 4.17. The van der Waals surface area contributed by atoms with Crippen molar-refractivity contribution >= 4 is 5.69 Å². The molecule has 0 atom stereocenters. The van der Waals surface area contributed by atoms with Gasteiger partial charge in [0.15, 0.2) is 11.6 Å². The SMILES string of the molecule is CNCCCCN(C)c1cc(F)c(OC)cc1F. The number of nitrogens with zero attached hydrogens (tertiary/aromatic N) is 1. The van der Waals surface area contributed by atoms with E-state index >= 15 is 0 Å². The van der Waals surface area contributed by atoms with Crippen LogP contribution < -0.4 is 15.0 Å². The Morgan fingerprint density at radius 2 is 1.94 bits per heavy atom. The highest BCUT2D eigenvalue weighted by Crippen LogP contribution is 2.26. The first-order valence-corrected chi connectivity index (χ1v) is 5.99. The molecule has 18 heavy (non-hydrogen) atoms. The maximum Gasteiger partial charge on any atom is 0.167 e. The van der Waals surface area contributed by atoms with Gasteiger partial charge in [-0.05, 0) is 26.4 Å². The molecule has 0 aromatic heterocycles. The lowest BCUT2D eigenvalue weighted by molar-refractivity contribution is 0.383. The molecule has 0 spiro atoms. The quantitative estimate of drug-likeness (QED) is 0.760. The number of halogens is 2. The van der Waals surface area contributed by atoms with Crippen LogP contribution in [0.4, 0.5) is 14.5 Å². The molecule has 0 aliphatic rings. The second kappa shape index (κ2) is 7.16. The third-order valence-corrected chi connectivity index (χ3v) is 2.80. The molecule has 1 aromatic carbocycles. The molecule has 0 aliphatic heterocycles. The van der Waals surface area contributed by atoms with Crippen LogP contribution in [0, 0.1) is 11.6 Å². The molecule has 1 aromatic rings. The van der Waals surface area contributed by atoms with Gasteiger partial charge in [-0.25, -0.2) is 8.78 Å². The summed E-state index contributed by atoms with van der Waals surface area (Å²) >= 11 is 0. The van der Waals surface area contributed by atoms with Gasteiger partial charge in [-0.1, -0.05) is 0 Å². The van der Waals surface area contributed by atoms with Crippen LogP contribution in [0.15, 0.2) is 12.1 Å². The summed E-state index contributed by atoms with van der Waals surface area (Å²) in [6.07, 6.45) is 1.92. The van der Waals surface area contributed by atoms with Crippen molar-refractivity contribution in [3.8, 4) is 5.75 Å². The van der Waals surface area contributed by atoms with Crippen molar-refractivity contribution in [1.29, 1.82) is 0 Å². The number of nitrogens with one attached hydrogen (secondary N) is 1. The van der Waals surface area contributed by atoms with Gasteiger partial charge >= 0.3 is 0 Å². The molecule has 0 bridgehead atoms. The van der Waals surface area contributed by atoms with Crippen molar-refractivity contribution in [3.63, 3.8) is 0 Å². The van der Waals surface area contributed by atoms with Gasteiger partial charge in [0, 0.05) is 25.7 Å². The van der Waals surface area contributed by atoms with E-state index in [1.807, 2.05) is 7.05 Å². The van der Waals surface area contributed by atoms with Gasteiger partial charge in [-0.2, -0.15) is 0 Å². The maximum atomic E-state index is 13.7. The fourth-order valence-corrected chi connectivity index (χ4v) is 1.74. The Kier molecular flexibility index (Phi) is 5.85. The number of benzene rings is 1. The van der Waals surface area contributed by atoms with Crippen molar-refractivity contribution in [1.82, 2.24) is 5.32 Å². The lowest BCUT2D eigenvalue weighted by Gasteiger charge is -2.20. The van der Waals surface area contributed by atoms with Crippen LogP contribution in [0.2, 0.25) is 0 Å². The minimum atomic E-state index is -0.545. The smallest absolute Gasteiger partial charge is 0.167 e. The Morgan fingerprint density at radius 1 is 1.22 bits per heavy atom. The number of hydrogen-bond acceptors (Lipinski definition) is 3. The van der Waals surface area contributed by atoms with E-state index < -0.39 is 11.6 Å². The lowest BCUT2D eigenvalue weighted by atomic mass is 10.2. The van der Waals surface area contributed by atoms with Crippen LogP contribution in [0.1, 0.15) is 12.8 Å². The first-order chi connectivity index (χ1) is 8.60. The molecular weight excluding hydrogens is 238 g/mol. The normalized spacial score (nSPS) is 10.5. The molecule has 1 rings (SSSR count). The molecule has 5 heteroatoms. The molecule has 0 unspecified atom stereocenters. The third kappa shape index (κ3) is 3.84. The summed E-state index contributed by atoms with van der Waals surface area (Å²) in [6.45, 7) is 1.61. The van der Waals surface area contributed by atoms with E-state index in [1.54, 1.807) is 11.9 Å². The molecule has 0 aliphatic carbocycles. The minimum Gasteiger partial charge on any atom is -0.494 e. The van der Waals surface area contributed by atoms with Crippen molar-refractivity contribution in [2.45, 2.75) is 12.8 Å². The summed E-state index contributed by atoms with van der Waals surface area (Å²) in [5.41, 5.74) is 0.262. The van der Waals surface area contributed by atoms with E-state index in [0.717, 1.165) is 25.5 Å². The van der Waals surface area contributed by atoms with Crippen LogP contribution in [-0.2, 0) is 0 Å². The summed E-state index contributed by atoms with van der Waals surface area (Å²) in [5, 5.41) is 3.05. The van der Waals surface area contributed by atoms with E-state index in [-0.39, 0.29) is 11.4 Å². The third-order valence-electron chi connectivity index (χ3n) is 2.80. The van der Waals surface area contributed by atoms with E-state index in [4.69, 9.17) is 4.74 Å². The molecule has 1 N–H and O–H groups in total. The van der Waals surface area contributed by atoms with Crippen molar-refractivity contribution in [3.05, 3.63) is 23.8 Å². The number of rotatable bonds is 7. The molecule has 0 saturated carbocycles. The first-order valence-electron chi connectivity index (χ1n) is 5.99. The molecule has 0 fully saturated rings. The Hall–Kier alpha value is -1.36. The average molecular weight is 258 g/mol. The topological polar surface area (TPSA) is 24.5 Å². The van der Waals surface area contributed by atoms with Crippen molar-refractivity contribution < 1.29 is 13.5 Å². The van der Waals surface area contributed by atoms with Gasteiger partial charge < -0.3 is 15.0 Å². The van der Waals surface area contributed by atoms with E-state index in [0.29, 0.717) is 6.54 Å². The molecule has 102 valence electrons. The largest absolute Gasteiger partial charge is 0.494 e. The second-order valence-electron chi connectivity index (χ2n) is 4.17. The predicted octanol–water partition coefficient (Wildman–Crippen LogP) is 2.41. The Labute approximate surface area is 107 Å². The molecular formula is C13H20F2N2O. The Morgan fingerprint density at radius 3 is 2.56 bits per heavy atom. The van der Waals surface area contributed by atoms with Gasteiger partial charge in [0.05, 0.1) is 12.8 Å². The van der Waals surface area contributed by atoms with Gasteiger partial charge in [-0.3, -0.25) is 0 Å². The van der Waals surface area contributed by atoms with E-state index in [1.165, 1.54) is 13.2 Å². The maximum absolute atomic E-state index is 13.7. The molecule has 0 radical (unpaired) electrons. The number of hydrogen-bond donors (Lipinski definition) is 1. The fraction of sp³-hybridized carbons (Fsp3) is 0.538. The predicted molar refractivity (Wildman–Crippen MR) is 69.3 cm³/mol. The summed E-state index contributed by atoms with van der Waals surface area (Å²) in [4.78, 5) is 1.72. The van der Waals surface area contributed by atoms with Crippen LogP contribution in [0.3, 0.4) is 0 Å². The van der Waals surface area contributed by atoms with Crippen molar-refractivity contribution in [2.75, 3.05) is 39.2 Å². The zero-order chi connectivity index (χ0) is 13.5. The summed E-state index contributed by atoms with van der Waals surface area (Å²) in [7, 11) is 4.96. The van der Waals surface area contributed by atoms with Gasteiger partial charge in [0.1, 0.15) is 5.82 Å². The highest BCUT2D eigenvalue weighted by molar-refractivity contribution is 5.50. The molecule has 0 heterocycles. The van der Waals surface area contributed by atoms with Crippen LogP contribution >= 0.6 is 0 Å². The summed E-state index contributed by atoms with van der Waals surface area (Å²) in [6, 6.07) is 2.25. The van der Waals surface area contributed by atoms with Gasteiger partial charge in [0.2, 0.25) is 0 Å². The van der Waals surface area contributed by atoms with E-state index in [9.17, 15) is 8.78 Å². The van der Waals surface area contributed by atoms with Crippen molar-refractivity contribution in [2.24, 2.45) is 0 Å². The highest BCUT2D eigenvalue weighted by Gasteiger charge is 2.13. The van der Waals surface area contributed by atoms with E-state index in [2.05, 4.69) is 5.32 Å². The average Bonchev–Trinajstić information content (AvgIpc) is 2.36. The fourth-order valence-electron chi connectivity index (χ4n) is 1.74. The molecule has 3 nitrogen and oxygen atoms in total. The van der Waals surface area contributed by atoms with Gasteiger partial charge in [-0.15, -0.1) is 0 Å². The molecule has 0 amide bonds. The zero-order valence-corrected chi connectivity index (χ0v) is 11.1. The highest BCUT2D eigenvalue weighted by atomic mass is 19.1. The Balaban J connectivity index is 2.67. The zero-order valence-electron chi connectivity index (χ0n) is 11.1. The minimum absolute atomic E-state index is 0.0696. The number of methoxy groups -OCH3 is 1. The lowest BCUT2D eigenvalue weighted by Crippen LogP contribution is -2.21. The standard InChI is InChI=1S/C13H20F2N2O/c1-16-6-4-5-7-17(2)12-8-11(15)13(18-3)9-10(12)14/h8-9,16H,4-7H2,1-3H3. The number of anilines is 1. The summed E-state index contributed by atoms with van der Waals surface area (Å²) in [5.74, 6) is -1.08. The van der Waals surface area contributed by atoms with Crippen LogP contribution in [0.25, 0.3) is 0 Å². The van der Waals surface area contributed by atoms with Gasteiger partial charge in [0.25, 0.3) is 0 Å². The Bertz CT molecular complexity index is 385.